The summed E-state index contributed by atoms with van der Waals surface area (Å²) in [7, 11) is -2.37. The minimum Gasteiger partial charge on any atom is -0.495 e. The van der Waals surface area contributed by atoms with Gasteiger partial charge in [0.15, 0.2) is 0 Å². The van der Waals surface area contributed by atoms with E-state index >= 15 is 0 Å². The highest BCUT2D eigenvalue weighted by atomic mass is 32.2. The third-order valence-electron chi connectivity index (χ3n) is 4.29. The van der Waals surface area contributed by atoms with Crippen molar-refractivity contribution in [3.63, 3.8) is 0 Å². The van der Waals surface area contributed by atoms with Crippen LogP contribution < -0.4 is 14.8 Å². The Labute approximate surface area is 161 Å². The van der Waals surface area contributed by atoms with Crippen LogP contribution in [0.5, 0.6) is 5.75 Å². The van der Waals surface area contributed by atoms with Crippen LogP contribution >= 0.6 is 0 Å². The van der Waals surface area contributed by atoms with E-state index in [4.69, 9.17) is 4.74 Å². The Balaban J connectivity index is 1.95. The number of hydrogen-bond donors (Lipinski definition) is 2. The summed E-state index contributed by atoms with van der Waals surface area (Å²) in [6, 6.07) is 8.39. The predicted molar refractivity (Wildman–Crippen MR) is 102 cm³/mol. The molecular weight excluding hydrogens is 386 g/mol. The van der Waals surface area contributed by atoms with Gasteiger partial charge >= 0.3 is 0 Å². The van der Waals surface area contributed by atoms with Crippen LogP contribution in [0.1, 0.15) is 28.8 Å². The number of anilines is 1. The first-order chi connectivity index (χ1) is 13.2. The lowest BCUT2D eigenvalue weighted by molar-refractivity contribution is -0.385. The first kappa shape index (κ1) is 19.8. The molecule has 1 aliphatic carbocycles. The number of aryl methyl sites for hydroxylation is 1. The van der Waals surface area contributed by atoms with Crippen LogP contribution in [0.2, 0.25) is 0 Å². The zero-order valence-corrected chi connectivity index (χ0v) is 16.1. The van der Waals surface area contributed by atoms with Gasteiger partial charge in [-0.2, -0.15) is 0 Å². The summed E-state index contributed by atoms with van der Waals surface area (Å²) in [6.07, 6.45) is 1.58. The molecule has 1 fully saturated rings. The maximum Gasteiger partial charge on any atom is 0.285 e. The van der Waals surface area contributed by atoms with Gasteiger partial charge < -0.3 is 10.1 Å². The Hall–Kier alpha value is -2.98. The number of ether oxygens (including phenoxy) is 1. The molecule has 2 aromatic rings. The topological polar surface area (TPSA) is 128 Å². The van der Waals surface area contributed by atoms with E-state index in [1.165, 1.54) is 50.4 Å². The first-order valence-electron chi connectivity index (χ1n) is 8.48. The second-order valence-electron chi connectivity index (χ2n) is 6.44. The molecule has 0 atom stereocenters. The Morgan fingerprint density at radius 2 is 1.96 bits per heavy atom. The number of para-hydroxylation sites is 1. The third kappa shape index (κ3) is 4.12. The standard InChI is InChI=1S/C18H19N3O6S/c1-11-4-3-5-14(17(11)21(23)24)18(22)19-15-10-13(8-9-16(15)27-2)28(25,26)20-12-6-7-12/h3-5,8-10,12,20H,6-7H2,1-2H3,(H,19,22). The van der Waals surface area contributed by atoms with Gasteiger partial charge in [0.2, 0.25) is 10.0 Å². The largest absolute Gasteiger partial charge is 0.495 e. The normalized spacial score (nSPS) is 13.8. The Morgan fingerprint density at radius 3 is 2.57 bits per heavy atom. The summed E-state index contributed by atoms with van der Waals surface area (Å²) in [5.74, 6) is -0.507. The van der Waals surface area contributed by atoms with Crippen molar-refractivity contribution in [2.24, 2.45) is 0 Å². The molecule has 2 aromatic carbocycles. The van der Waals surface area contributed by atoms with Crippen LogP contribution in [-0.2, 0) is 10.0 Å². The molecule has 0 aliphatic heterocycles. The molecule has 0 aromatic heterocycles. The molecule has 2 N–H and O–H groups in total. The van der Waals surface area contributed by atoms with Crippen molar-refractivity contribution < 1.29 is 22.9 Å². The highest BCUT2D eigenvalue weighted by Gasteiger charge is 2.29. The highest BCUT2D eigenvalue weighted by Crippen LogP contribution is 2.31. The molecule has 1 aliphatic rings. The van der Waals surface area contributed by atoms with Crippen LogP contribution in [0.3, 0.4) is 0 Å². The summed E-state index contributed by atoms with van der Waals surface area (Å²) in [6.45, 7) is 1.53. The number of methoxy groups -OCH3 is 1. The van der Waals surface area contributed by atoms with E-state index in [1.54, 1.807) is 0 Å². The van der Waals surface area contributed by atoms with Crippen molar-refractivity contribution in [3.8, 4) is 5.75 Å². The van der Waals surface area contributed by atoms with Crippen LogP contribution in [0, 0.1) is 17.0 Å². The van der Waals surface area contributed by atoms with Crippen LogP contribution in [0.4, 0.5) is 11.4 Å². The zero-order chi connectivity index (χ0) is 20.5. The van der Waals surface area contributed by atoms with Crippen molar-refractivity contribution >= 4 is 27.3 Å². The van der Waals surface area contributed by atoms with E-state index in [1.807, 2.05) is 0 Å². The molecule has 3 rings (SSSR count). The number of sulfonamides is 1. The smallest absolute Gasteiger partial charge is 0.285 e. The van der Waals surface area contributed by atoms with E-state index in [0.717, 1.165) is 12.8 Å². The fraction of sp³-hybridized carbons (Fsp3) is 0.278. The van der Waals surface area contributed by atoms with Crippen LogP contribution in [-0.4, -0.2) is 32.4 Å². The van der Waals surface area contributed by atoms with E-state index in [9.17, 15) is 23.3 Å². The van der Waals surface area contributed by atoms with Crippen molar-refractivity contribution in [2.75, 3.05) is 12.4 Å². The van der Waals surface area contributed by atoms with Crippen molar-refractivity contribution in [1.82, 2.24) is 4.72 Å². The average Bonchev–Trinajstić information content (AvgIpc) is 3.44. The molecule has 0 unspecified atom stereocenters. The highest BCUT2D eigenvalue weighted by molar-refractivity contribution is 7.89. The van der Waals surface area contributed by atoms with E-state index in [-0.39, 0.29) is 33.6 Å². The summed E-state index contributed by atoms with van der Waals surface area (Å²) < 4.78 is 32.6. The number of nitrogens with one attached hydrogen (secondary N) is 2. The molecule has 0 radical (unpaired) electrons. The van der Waals surface area contributed by atoms with Gasteiger partial charge in [0.25, 0.3) is 11.6 Å². The number of carbonyl (C=O) groups is 1. The summed E-state index contributed by atoms with van der Waals surface area (Å²) in [4.78, 5) is 23.3. The van der Waals surface area contributed by atoms with Gasteiger partial charge in [0.05, 0.1) is 22.6 Å². The Bertz CT molecular complexity index is 1050. The molecule has 28 heavy (non-hydrogen) atoms. The number of nitro benzene ring substituents is 1. The maximum absolute atomic E-state index is 12.7. The quantitative estimate of drug-likeness (QED) is 0.538. The molecule has 0 saturated heterocycles. The molecule has 0 bridgehead atoms. The van der Waals surface area contributed by atoms with Gasteiger partial charge in [-0.25, -0.2) is 13.1 Å². The maximum atomic E-state index is 12.7. The Morgan fingerprint density at radius 1 is 1.25 bits per heavy atom. The van der Waals surface area contributed by atoms with Crippen molar-refractivity contribution in [1.29, 1.82) is 0 Å². The number of nitrogens with zero attached hydrogens (tertiary/aromatic N) is 1. The molecule has 10 heteroatoms. The van der Waals surface area contributed by atoms with Gasteiger partial charge in [-0.1, -0.05) is 12.1 Å². The fourth-order valence-corrected chi connectivity index (χ4v) is 4.05. The number of rotatable bonds is 7. The van der Waals surface area contributed by atoms with Gasteiger partial charge in [0, 0.05) is 11.6 Å². The second kappa shape index (κ2) is 7.56. The monoisotopic (exact) mass is 405 g/mol. The van der Waals surface area contributed by atoms with Gasteiger partial charge in [-0.05, 0) is 44.0 Å². The van der Waals surface area contributed by atoms with Gasteiger partial charge in [0.1, 0.15) is 11.3 Å². The lowest BCUT2D eigenvalue weighted by Gasteiger charge is -2.13. The SMILES string of the molecule is COc1ccc(S(=O)(=O)NC2CC2)cc1NC(=O)c1cccc(C)c1[N+](=O)[O-]. The van der Waals surface area contributed by atoms with E-state index < -0.39 is 20.9 Å². The average molecular weight is 405 g/mol. The molecule has 0 heterocycles. The van der Waals surface area contributed by atoms with Crippen LogP contribution in [0.25, 0.3) is 0 Å². The van der Waals surface area contributed by atoms with Gasteiger partial charge in [-0.3, -0.25) is 14.9 Å². The first-order valence-corrected chi connectivity index (χ1v) is 9.97. The molecule has 1 saturated carbocycles. The lowest BCUT2D eigenvalue weighted by atomic mass is 10.1. The molecular formula is C18H19N3O6S. The summed E-state index contributed by atoms with van der Waals surface area (Å²) in [5, 5.41) is 13.9. The minimum atomic E-state index is -3.74. The number of nitro groups is 1. The lowest BCUT2D eigenvalue weighted by Crippen LogP contribution is -2.26. The minimum absolute atomic E-state index is 0.0331. The number of amides is 1. The molecule has 0 spiro atoms. The number of hydrogen-bond acceptors (Lipinski definition) is 6. The zero-order valence-electron chi connectivity index (χ0n) is 15.3. The summed E-state index contributed by atoms with van der Waals surface area (Å²) in [5.41, 5.74) is 0.00566. The predicted octanol–water partition coefficient (Wildman–Crippen LogP) is 2.60. The van der Waals surface area contributed by atoms with E-state index in [0.29, 0.717) is 5.56 Å². The molecule has 1 amide bonds. The van der Waals surface area contributed by atoms with Crippen molar-refractivity contribution in [3.05, 3.63) is 57.6 Å². The molecule has 9 nitrogen and oxygen atoms in total. The Kier molecular flexibility index (Phi) is 5.34. The van der Waals surface area contributed by atoms with Crippen LogP contribution in [0.15, 0.2) is 41.3 Å². The third-order valence-corrected chi connectivity index (χ3v) is 5.81. The fourth-order valence-electron chi connectivity index (χ4n) is 2.71. The van der Waals surface area contributed by atoms with E-state index in [2.05, 4.69) is 10.0 Å². The van der Waals surface area contributed by atoms with Gasteiger partial charge in [-0.15, -0.1) is 0 Å². The summed E-state index contributed by atoms with van der Waals surface area (Å²) >= 11 is 0. The van der Waals surface area contributed by atoms with Crippen molar-refractivity contribution in [2.45, 2.75) is 30.7 Å². The molecule has 148 valence electrons. The second-order valence-corrected chi connectivity index (χ2v) is 8.15. The number of benzene rings is 2. The number of carbonyl (C=O) groups excluding carboxylic acids is 1.